The summed E-state index contributed by atoms with van der Waals surface area (Å²) >= 11 is 0. The molecule has 1 rings (SSSR count). The van der Waals surface area contributed by atoms with E-state index in [1.165, 1.54) is 6.20 Å². The number of unbranched alkanes of at least 4 members (excludes halogenated alkanes) is 3. The number of amides is 1. The van der Waals surface area contributed by atoms with Crippen LogP contribution in [0.3, 0.4) is 0 Å². The lowest BCUT2D eigenvalue weighted by Gasteiger charge is -2.29. The van der Waals surface area contributed by atoms with Gasteiger partial charge in [0.05, 0.1) is 11.0 Å². The van der Waals surface area contributed by atoms with E-state index in [1.54, 1.807) is 6.26 Å². The molecule has 0 aromatic rings. The second-order valence-corrected chi connectivity index (χ2v) is 8.40. The van der Waals surface area contributed by atoms with Gasteiger partial charge in [-0.05, 0) is 25.7 Å². The molecule has 0 aromatic carbocycles. The van der Waals surface area contributed by atoms with Gasteiger partial charge in [0.25, 0.3) is 0 Å². The SMILES string of the molecule is C=CNS(=O)CCCCCCNC(=O)C1CCN(S(C)=O)CC1. The number of carbonyl (C=O) groups excluding carboxylic acids is 1. The van der Waals surface area contributed by atoms with E-state index in [4.69, 9.17) is 0 Å². The maximum absolute atomic E-state index is 12.1. The highest BCUT2D eigenvalue weighted by Gasteiger charge is 2.25. The molecule has 2 unspecified atom stereocenters. The van der Waals surface area contributed by atoms with Crippen LogP contribution in [0.15, 0.2) is 12.8 Å². The van der Waals surface area contributed by atoms with Gasteiger partial charge < -0.3 is 10.0 Å². The van der Waals surface area contributed by atoms with Crippen molar-refractivity contribution >= 4 is 27.9 Å². The van der Waals surface area contributed by atoms with Gasteiger partial charge >= 0.3 is 0 Å². The van der Waals surface area contributed by atoms with E-state index in [0.717, 1.165) is 51.6 Å². The minimum atomic E-state index is -1.01. The Labute approximate surface area is 144 Å². The lowest BCUT2D eigenvalue weighted by atomic mass is 9.97. The van der Waals surface area contributed by atoms with E-state index in [1.807, 2.05) is 4.31 Å². The molecule has 1 fully saturated rings. The molecule has 1 aliphatic rings. The zero-order chi connectivity index (χ0) is 17.1. The molecule has 1 heterocycles. The average molecular weight is 364 g/mol. The normalized spacial score (nSPS) is 19.0. The Hall–Kier alpha value is -0.730. The van der Waals surface area contributed by atoms with Crippen LogP contribution in [-0.2, 0) is 26.8 Å². The molecule has 134 valence electrons. The van der Waals surface area contributed by atoms with Crippen LogP contribution in [0, 0.1) is 5.92 Å². The number of rotatable bonds is 11. The van der Waals surface area contributed by atoms with Crippen LogP contribution >= 0.6 is 0 Å². The molecule has 0 radical (unpaired) electrons. The summed E-state index contributed by atoms with van der Waals surface area (Å²) in [5.74, 6) is 0.820. The van der Waals surface area contributed by atoms with Crippen LogP contribution in [0.1, 0.15) is 38.5 Å². The predicted octanol–water partition coefficient (Wildman–Crippen LogP) is 1.07. The van der Waals surface area contributed by atoms with Crippen LogP contribution in [-0.4, -0.2) is 50.3 Å². The smallest absolute Gasteiger partial charge is 0.223 e. The first-order chi connectivity index (χ1) is 11.0. The molecule has 0 saturated carbocycles. The van der Waals surface area contributed by atoms with Gasteiger partial charge in [-0.15, -0.1) is 0 Å². The molecule has 23 heavy (non-hydrogen) atoms. The van der Waals surface area contributed by atoms with Gasteiger partial charge in [0.1, 0.15) is 11.0 Å². The van der Waals surface area contributed by atoms with Gasteiger partial charge in [-0.1, -0.05) is 19.4 Å². The Bertz CT molecular complexity index is 424. The van der Waals surface area contributed by atoms with Crippen molar-refractivity contribution in [3.8, 4) is 0 Å². The Balaban J connectivity index is 2.01. The first-order valence-corrected chi connectivity index (χ1v) is 11.0. The van der Waals surface area contributed by atoms with E-state index in [0.29, 0.717) is 12.3 Å². The third-order valence-electron chi connectivity index (χ3n) is 3.96. The summed E-state index contributed by atoms with van der Waals surface area (Å²) in [5.41, 5.74) is 0. The number of hydrogen-bond donors (Lipinski definition) is 2. The fourth-order valence-corrected chi connectivity index (χ4v) is 4.09. The topological polar surface area (TPSA) is 78.5 Å². The Morgan fingerprint density at radius 3 is 2.48 bits per heavy atom. The maximum Gasteiger partial charge on any atom is 0.223 e. The summed E-state index contributed by atoms with van der Waals surface area (Å²) in [6, 6.07) is 0. The number of nitrogens with one attached hydrogen (secondary N) is 2. The van der Waals surface area contributed by atoms with Gasteiger partial charge in [-0.3, -0.25) is 4.79 Å². The van der Waals surface area contributed by atoms with Crippen LogP contribution in [0.4, 0.5) is 0 Å². The fraction of sp³-hybridized carbons (Fsp3) is 0.800. The molecule has 8 heteroatoms. The largest absolute Gasteiger partial charge is 0.356 e. The summed E-state index contributed by atoms with van der Waals surface area (Å²) < 4.78 is 27.2. The molecule has 2 atom stereocenters. The predicted molar refractivity (Wildman–Crippen MR) is 96.2 cm³/mol. The van der Waals surface area contributed by atoms with Crippen LogP contribution < -0.4 is 10.0 Å². The summed E-state index contributed by atoms with van der Waals surface area (Å²) in [5, 5.41) is 3.00. The van der Waals surface area contributed by atoms with E-state index in [-0.39, 0.29) is 11.8 Å². The standard InChI is InChI=1S/C15H29N3O3S2/c1-3-17-23(21)13-7-5-4-6-10-16-15(19)14-8-11-18(12-9-14)22(2)20/h3,14,17H,1,4-13H2,2H3,(H,16,19). The first-order valence-electron chi connectivity index (χ1n) is 8.16. The molecule has 0 aliphatic carbocycles. The van der Waals surface area contributed by atoms with E-state index in [2.05, 4.69) is 16.6 Å². The van der Waals surface area contributed by atoms with Crippen molar-refractivity contribution in [2.75, 3.05) is 31.6 Å². The summed E-state index contributed by atoms with van der Waals surface area (Å²) in [6.07, 6.45) is 8.61. The highest BCUT2D eigenvalue weighted by Crippen LogP contribution is 2.18. The van der Waals surface area contributed by atoms with Crippen molar-refractivity contribution in [3.63, 3.8) is 0 Å². The second-order valence-electron chi connectivity index (χ2n) is 5.70. The molecular weight excluding hydrogens is 334 g/mol. The van der Waals surface area contributed by atoms with Crippen molar-refractivity contribution in [2.24, 2.45) is 5.92 Å². The zero-order valence-corrected chi connectivity index (χ0v) is 15.6. The Kier molecular flexibility index (Phi) is 10.4. The number of carbonyl (C=O) groups is 1. The lowest BCUT2D eigenvalue weighted by Crippen LogP contribution is -2.41. The quantitative estimate of drug-likeness (QED) is 0.539. The molecule has 6 nitrogen and oxygen atoms in total. The third kappa shape index (κ3) is 8.62. The van der Waals surface area contributed by atoms with Crippen LogP contribution in [0.2, 0.25) is 0 Å². The van der Waals surface area contributed by atoms with Crippen LogP contribution in [0.25, 0.3) is 0 Å². The summed E-state index contributed by atoms with van der Waals surface area (Å²) in [4.78, 5) is 12.1. The highest BCUT2D eigenvalue weighted by molar-refractivity contribution is 7.83. The number of piperidine rings is 1. The molecule has 2 N–H and O–H groups in total. The molecule has 0 bridgehead atoms. The molecular formula is C15H29N3O3S2. The minimum Gasteiger partial charge on any atom is -0.356 e. The summed E-state index contributed by atoms with van der Waals surface area (Å²) in [7, 11) is -1.93. The van der Waals surface area contributed by atoms with Crippen molar-refractivity contribution in [2.45, 2.75) is 38.5 Å². The minimum absolute atomic E-state index is 0.0576. The first kappa shape index (κ1) is 20.3. The van der Waals surface area contributed by atoms with Crippen LogP contribution in [0.5, 0.6) is 0 Å². The molecule has 0 spiro atoms. The summed E-state index contributed by atoms with van der Waals surface area (Å²) in [6.45, 7) is 5.64. The average Bonchev–Trinajstić information content (AvgIpc) is 2.54. The monoisotopic (exact) mass is 363 g/mol. The van der Waals surface area contributed by atoms with Crippen molar-refractivity contribution in [1.82, 2.24) is 14.3 Å². The van der Waals surface area contributed by atoms with E-state index < -0.39 is 22.0 Å². The Morgan fingerprint density at radius 1 is 1.22 bits per heavy atom. The number of nitrogens with zero attached hydrogens (tertiary/aromatic N) is 1. The lowest BCUT2D eigenvalue weighted by molar-refractivity contribution is -0.126. The number of hydrogen-bond acceptors (Lipinski definition) is 3. The van der Waals surface area contributed by atoms with Gasteiger partial charge in [0.15, 0.2) is 0 Å². The Morgan fingerprint density at radius 2 is 1.87 bits per heavy atom. The molecule has 0 aromatic heterocycles. The molecule has 1 amide bonds. The van der Waals surface area contributed by atoms with E-state index >= 15 is 0 Å². The van der Waals surface area contributed by atoms with Gasteiger partial charge in [-0.25, -0.2) is 12.7 Å². The third-order valence-corrected chi connectivity index (χ3v) is 6.14. The maximum atomic E-state index is 12.1. The fourth-order valence-electron chi connectivity index (χ4n) is 2.59. The zero-order valence-electron chi connectivity index (χ0n) is 13.9. The van der Waals surface area contributed by atoms with Crippen molar-refractivity contribution in [1.29, 1.82) is 0 Å². The van der Waals surface area contributed by atoms with Gasteiger partial charge in [0, 0.05) is 43.8 Å². The second kappa shape index (κ2) is 11.8. The molecule has 1 saturated heterocycles. The molecule has 1 aliphatic heterocycles. The van der Waals surface area contributed by atoms with Gasteiger partial charge in [-0.2, -0.15) is 0 Å². The highest BCUT2D eigenvalue weighted by atomic mass is 32.2. The van der Waals surface area contributed by atoms with Gasteiger partial charge in [0.2, 0.25) is 5.91 Å². The van der Waals surface area contributed by atoms with Crippen molar-refractivity contribution in [3.05, 3.63) is 12.8 Å². The van der Waals surface area contributed by atoms with E-state index in [9.17, 15) is 13.2 Å². The van der Waals surface area contributed by atoms with Crippen molar-refractivity contribution < 1.29 is 13.2 Å².